The highest BCUT2D eigenvalue weighted by Gasteiger charge is 2.23. The zero-order valence-corrected chi connectivity index (χ0v) is 10.9. The molecule has 0 fully saturated rings. The number of rotatable bonds is 5. The van der Waals surface area contributed by atoms with Crippen molar-refractivity contribution in [2.75, 3.05) is 5.32 Å². The molecule has 0 heterocycles. The van der Waals surface area contributed by atoms with Crippen LogP contribution in [0.5, 0.6) is 0 Å². The molecule has 0 aliphatic carbocycles. The SMILES string of the molecule is CCC(C)(CC)Nc1cc(C#N)ccc1[N+](=O)[O-]. The molecule has 1 N–H and O–H groups in total. The molecule has 0 aliphatic rings. The van der Waals surface area contributed by atoms with Gasteiger partial charge in [-0.1, -0.05) is 13.8 Å². The summed E-state index contributed by atoms with van der Waals surface area (Å²) < 4.78 is 0. The predicted molar refractivity (Wildman–Crippen MR) is 70.4 cm³/mol. The van der Waals surface area contributed by atoms with Gasteiger partial charge < -0.3 is 5.32 Å². The van der Waals surface area contributed by atoms with Gasteiger partial charge in [-0.25, -0.2) is 0 Å². The fourth-order valence-corrected chi connectivity index (χ4v) is 1.62. The van der Waals surface area contributed by atoms with Crippen LogP contribution in [0, 0.1) is 21.4 Å². The molecule has 0 radical (unpaired) electrons. The van der Waals surface area contributed by atoms with E-state index in [9.17, 15) is 10.1 Å². The van der Waals surface area contributed by atoms with Gasteiger partial charge in [-0.3, -0.25) is 10.1 Å². The maximum Gasteiger partial charge on any atom is 0.292 e. The molecular weight excluding hydrogens is 230 g/mol. The normalized spacial score (nSPS) is 10.8. The molecule has 0 unspecified atom stereocenters. The zero-order valence-electron chi connectivity index (χ0n) is 10.9. The van der Waals surface area contributed by atoms with Crippen LogP contribution in [-0.4, -0.2) is 10.5 Å². The second-order valence-electron chi connectivity index (χ2n) is 4.49. The van der Waals surface area contributed by atoms with Gasteiger partial charge in [0.15, 0.2) is 0 Å². The number of nitrogens with one attached hydrogen (secondary N) is 1. The Bertz CT molecular complexity index is 487. The van der Waals surface area contributed by atoms with E-state index in [-0.39, 0.29) is 11.2 Å². The van der Waals surface area contributed by atoms with Gasteiger partial charge in [0.2, 0.25) is 0 Å². The molecule has 18 heavy (non-hydrogen) atoms. The zero-order chi connectivity index (χ0) is 13.8. The Morgan fingerprint density at radius 3 is 2.50 bits per heavy atom. The second kappa shape index (κ2) is 5.50. The fourth-order valence-electron chi connectivity index (χ4n) is 1.62. The van der Waals surface area contributed by atoms with Gasteiger partial charge in [-0.05, 0) is 31.9 Å². The summed E-state index contributed by atoms with van der Waals surface area (Å²) in [4.78, 5) is 10.5. The summed E-state index contributed by atoms with van der Waals surface area (Å²) in [5.74, 6) is 0. The minimum atomic E-state index is -0.435. The van der Waals surface area contributed by atoms with E-state index in [1.165, 1.54) is 18.2 Å². The third-order valence-corrected chi connectivity index (χ3v) is 3.32. The first-order valence-corrected chi connectivity index (χ1v) is 5.92. The number of hydrogen-bond acceptors (Lipinski definition) is 4. The second-order valence-corrected chi connectivity index (χ2v) is 4.49. The lowest BCUT2D eigenvalue weighted by Crippen LogP contribution is -2.33. The molecule has 0 bridgehead atoms. The Kier molecular flexibility index (Phi) is 4.27. The Morgan fingerprint density at radius 1 is 1.44 bits per heavy atom. The third-order valence-electron chi connectivity index (χ3n) is 3.32. The van der Waals surface area contributed by atoms with Crippen LogP contribution in [0.4, 0.5) is 11.4 Å². The molecule has 1 aromatic carbocycles. The van der Waals surface area contributed by atoms with E-state index in [0.717, 1.165) is 12.8 Å². The minimum absolute atomic E-state index is 0.00197. The number of hydrogen-bond donors (Lipinski definition) is 1. The first-order valence-electron chi connectivity index (χ1n) is 5.92. The van der Waals surface area contributed by atoms with Gasteiger partial charge in [0.05, 0.1) is 16.6 Å². The van der Waals surface area contributed by atoms with Crippen LogP contribution in [0.15, 0.2) is 18.2 Å². The molecule has 0 saturated carbocycles. The number of nitro benzene ring substituents is 1. The topological polar surface area (TPSA) is 79.0 Å². The third kappa shape index (κ3) is 2.98. The molecule has 96 valence electrons. The van der Waals surface area contributed by atoms with Crippen LogP contribution in [0.25, 0.3) is 0 Å². The van der Waals surface area contributed by atoms with E-state index in [2.05, 4.69) is 5.32 Å². The molecule has 0 amide bonds. The predicted octanol–water partition coefficient (Wildman–Crippen LogP) is 3.46. The summed E-state index contributed by atoms with van der Waals surface area (Å²) in [6.45, 7) is 6.06. The first kappa shape index (κ1) is 14.0. The number of anilines is 1. The molecule has 0 aromatic heterocycles. The fraction of sp³-hybridized carbons (Fsp3) is 0.462. The van der Waals surface area contributed by atoms with Crippen molar-refractivity contribution >= 4 is 11.4 Å². The van der Waals surface area contributed by atoms with Crippen molar-refractivity contribution in [2.24, 2.45) is 0 Å². The van der Waals surface area contributed by atoms with Crippen LogP contribution in [0.1, 0.15) is 39.2 Å². The van der Waals surface area contributed by atoms with Gasteiger partial charge >= 0.3 is 0 Å². The smallest absolute Gasteiger partial charge is 0.292 e. The largest absolute Gasteiger partial charge is 0.374 e. The Labute approximate surface area is 107 Å². The summed E-state index contributed by atoms with van der Waals surface area (Å²) in [7, 11) is 0. The van der Waals surface area contributed by atoms with E-state index >= 15 is 0 Å². The highest BCUT2D eigenvalue weighted by atomic mass is 16.6. The summed E-state index contributed by atoms with van der Waals surface area (Å²) >= 11 is 0. The summed E-state index contributed by atoms with van der Waals surface area (Å²) in [5, 5.41) is 23.0. The van der Waals surface area contributed by atoms with Crippen LogP contribution >= 0.6 is 0 Å². The van der Waals surface area contributed by atoms with E-state index in [0.29, 0.717) is 11.3 Å². The number of nitro groups is 1. The average Bonchev–Trinajstić information content (AvgIpc) is 2.38. The maximum absolute atomic E-state index is 11.0. The van der Waals surface area contributed by atoms with Crippen LogP contribution in [-0.2, 0) is 0 Å². The minimum Gasteiger partial charge on any atom is -0.374 e. The van der Waals surface area contributed by atoms with Crippen molar-refractivity contribution in [3.05, 3.63) is 33.9 Å². The highest BCUT2D eigenvalue weighted by Crippen LogP contribution is 2.30. The van der Waals surface area contributed by atoms with E-state index in [1.807, 2.05) is 26.8 Å². The van der Waals surface area contributed by atoms with Crippen molar-refractivity contribution in [1.29, 1.82) is 5.26 Å². The standard InChI is InChI=1S/C13H17N3O2/c1-4-13(3,5-2)15-11-8-10(9-14)6-7-12(11)16(17)18/h6-8,15H,4-5H2,1-3H3. The van der Waals surface area contributed by atoms with Crippen molar-refractivity contribution in [2.45, 2.75) is 39.2 Å². The lowest BCUT2D eigenvalue weighted by atomic mass is 9.95. The van der Waals surface area contributed by atoms with Crippen LogP contribution in [0.3, 0.4) is 0 Å². The highest BCUT2D eigenvalue weighted by molar-refractivity contribution is 5.65. The average molecular weight is 247 g/mol. The summed E-state index contributed by atoms with van der Waals surface area (Å²) in [6.07, 6.45) is 1.69. The van der Waals surface area contributed by atoms with Crippen molar-refractivity contribution in [3.63, 3.8) is 0 Å². The van der Waals surface area contributed by atoms with E-state index in [4.69, 9.17) is 5.26 Å². The molecule has 0 spiro atoms. The van der Waals surface area contributed by atoms with Crippen LogP contribution in [0.2, 0.25) is 0 Å². The van der Waals surface area contributed by atoms with Gasteiger partial charge in [0.25, 0.3) is 5.69 Å². The van der Waals surface area contributed by atoms with E-state index < -0.39 is 4.92 Å². The summed E-state index contributed by atoms with van der Waals surface area (Å²) in [5.41, 5.74) is 0.615. The summed E-state index contributed by atoms with van der Waals surface area (Å²) in [6, 6.07) is 6.35. The van der Waals surface area contributed by atoms with Crippen molar-refractivity contribution < 1.29 is 4.92 Å². The molecule has 1 rings (SSSR count). The van der Waals surface area contributed by atoms with Gasteiger partial charge in [0.1, 0.15) is 5.69 Å². The molecule has 0 aliphatic heterocycles. The lowest BCUT2D eigenvalue weighted by Gasteiger charge is -2.29. The van der Waals surface area contributed by atoms with Gasteiger partial charge in [-0.15, -0.1) is 0 Å². The lowest BCUT2D eigenvalue weighted by molar-refractivity contribution is -0.384. The molecule has 0 saturated heterocycles. The molecule has 1 aromatic rings. The molecule has 0 atom stereocenters. The molecular formula is C13H17N3O2. The monoisotopic (exact) mass is 247 g/mol. The van der Waals surface area contributed by atoms with Gasteiger partial charge in [0, 0.05) is 11.6 Å². The maximum atomic E-state index is 11.0. The van der Waals surface area contributed by atoms with Crippen molar-refractivity contribution in [3.8, 4) is 6.07 Å². The number of nitrogens with zero attached hydrogens (tertiary/aromatic N) is 2. The van der Waals surface area contributed by atoms with E-state index in [1.54, 1.807) is 0 Å². The quantitative estimate of drug-likeness (QED) is 0.638. The number of benzene rings is 1. The number of nitriles is 1. The first-order chi connectivity index (χ1) is 8.45. The van der Waals surface area contributed by atoms with Crippen LogP contribution < -0.4 is 5.32 Å². The van der Waals surface area contributed by atoms with Crippen molar-refractivity contribution in [1.82, 2.24) is 0 Å². The Balaban J connectivity index is 3.20. The molecule has 5 heteroatoms. The Hall–Kier alpha value is -2.09. The van der Waals surface area contributed by atoms with Gasteiger partial charge in [-0.2, -0.15) is 5.26 Å². The molecule has 5 nitrogen and oxygen atoms in total. The Morgan fingerprint density at radius 2 is 2.06 bits per heavy atom.